The zero-order chi connectivity index (χ0) is 30.9. The standard InChI is InChI=1S/C29H25F4N7O3S/c30-21-1-3-22(4-2-21)40-25-12-19-6-8-38(44(34,42)27-36-15-23-16-43-10-9-39(23)27)17-28(19,13-18(25)14-37-40)26(41)24-11-20(5-7-35-24)29(31,32)33/h1-5,7,11-12,14-15,34H,6,8-10,13,16-17H2/t28-,44?/m0/s1. The molecule has 44 heavy (non-hydrogen) atoms. The number of ether oxygens (including phenoxy) is 1. The van der Waals surface area contributed by atoms with Crippen molar-refractivity contribution in [3.8, 4) is 5.69 Å². The number of alkyl halides is 3. The van der Waals surface area contributed by atoms with Gasteiger partial charge in [0, 0.05) is 25.8 Å². The molecule has 1 N–H and O–H groups in total. The second-order valence-corrected chi connectivity index (χ2v) is 12.9. The maximum Gasteiger partial charge on any atom is 0.416 e. The smallest absolute Gasteiger partial charge is 0.373 e. The maximum atomic E-state index is 14.4. The van der Waals surface area contributed by atoms with E-state index in [1.165, 1.54) is 22.6 Å². The highest BCUT2D eigenvalue weighted by Crippen LogP contribution is 2.47. The number of imidazole rings is 1. The first-order valence-corrected chi connectivity index (χ1v) is 15.3. The summed E-state index contributed by atoms with van der Waals surface area (Å²) in [7, 11) is -3.72. The van der Waals surface area contributed by atoms with Crippen molar-refractivity contribution in [1.29, 1.82) is 4.78 Å². The number of fused-ring (bicyclic) bond motifs is 3. The van der Waals surface area contributed by atoms with Crippen LogP contribution in [0.3, 0.4) is 0 Å². The molecule has 1 unspecified atom stereocenters. The highest BCUT2D eigenvalue weighted by atomic mass is 32.2. The SMILES string of the molecule is N=S(=O)(c1ncc2n1CCOC2)N1CCC2=Cc3c(cnn3-c3ccc(F)cc3)C[C@]2(C(=O)c2cc(C(F)(F)F)ccn2)C1. The lowest BCUT2D eigenvalue weighted by Crippen LogP contribution is -2.53. The van der Waals surface area contributed by atoms with E-state index in [2.05, 4.69) is 15.1 Å². The summed E-state index contributed by atoms with van der Waals surface area (Å²) in [5.41, 5.74) is 0.254. The Morgan fingerprint density at radius 1 is 1.09 bits per heavy atom. The van der Waals surface area contributed by atoms with Crippen LogP contribution in [0.1, 0.15) is 39.4 Å². The van der Waals surface area contributed by atoms with Gasteiger partial charge in [-0.25, -0.2) is 27.3 Å². The summed E-state index contributed by atoms with van der Waals surface area (Å²) in [6, 6.07) is 7.26. The van der Waals surface area contributed by atoms with Gasteiger partial charge >= 0.3 is 6.18 Å². The van der Waals surface area contributed by atoms with Gasteiger partial charge < -0.3 is 9.30 Å². The molecule has 0 spiro atoms. The highest BCUT2D eigenvalue weighted by Gasteiger charge is 2.51. The van der Waals surface area contributed by atoms with Crippen LogP contribution in [0.25, 0.3) is 11.8 Å². The summed E-state index contributed by atoms with van der Waals surface area (Å²) in [5.74, 6) is -1.09. The summed E-state index contributed by atoms with van der Waals surface area (Å²) in [4.78, 5) is 22.7. The average Bonchev–Trinajstić information content (AvgIpc) is 3.64. The number of Topliss-reactive ketones (excluding diaryl/α,β-unsaturated/α-hetero) is 1. The van der Waals surface area contributed by atoms with Crippen LogP contribution in [0.2, 0.25) is 0 Å². The van der Waals surface area contributed by atoms with Crippen LogP contribution in [-0.2, 0) is 40.4 Å². The van der Waals surface area contributed by atoms with Crippen LogP contribution in [0.4, 0.5) is 17.6 Å². The fourth-order valence-electron chi connectivity index (χ4n) is 6.21. The van der Waals surface area contributed by atoms with Crippen LogP contribution in [-0.4, -0.2) is 58.3 Å². The number of ketones is 1. The molecule has 10 nitrogen and oxygen atoms in total. The van der Waals surface area contributed by atoms with Crippen molar-refractivity contribution in [2.75, 3.05) is 19.7 Å². The fraction of sp³-hybridized carbons (Fsp3) is 0.310. The molecule has 1 saturated heterocycles. The molecule has 2 atom stereocenters. The van der Waals surface area contributed by atoms with E-state index in [1.54, 1.807) is 33.7 Å². The van der Waals surface area contributed by atoms with Crippen molar-refractivity contribution in [3.05, 3.63) is 94.6 Å². The van der Waals surface area contributed by atoms with E-state index in [4.69, 9.17) is 9.52 Å². The van der Waals surface area contributed by atoms with E-state index in [1.807, 2.05) is 0 Å². The Hall–Kier alpha value is -4.21. The van der Waals surface area contributed by atoms with E-state index < -0.39 is 38.7 Å². The summed E-state index contributed by atoms with van der Waals surface area (Å²) >= 11 is 0. The number of nitrogens with zero attached hydrogens (tertiary/aromatic N) is 6. The number of benzene rings is 1. The van der Waals surface area contributed by atoms with Crippen molar-refractivity contribution < 1.29 is 31.3 Å². The molecule has 1 fully saturated rings. The second kappa shape index (κ2) is 10.2. The number of carbonyl (C=O) groups is 1. The second-order valence-electron chi connectivity index (χ2n) is 11.0. The van der Waals surface area contributed by atoms with Gasteiger partial charge in [0.25, 0.3) is 0 Å². The molecule has 1 aromatic carbocycles. The van der Waals surface area contributed by atoms with Gasteiger partial charge in [-0.15, -0.1) is 0 Å². The molecule has 0 bridgehead atoms. The number of piperidine rings is 1. The average molecular weight is 628 g/mol. The number of carbonyl (C=O) groups excluding carboxylic acids is 1. The van der Waals surface area contributed by atoms with Crippen molar-refractivity contribution in [2.24, 2.45) is 5.41 Å². The van der Waals surface area contributed by atoms with Gasteiger partial charge in [-0.2, -0.15) is 18.3 Å². The lowest BCUT2D eigenvalue weighted by atomic mass is 9.65. The minimum absolute atomic E-state index is 0.0195. The number of halogens is 4. The van der Waals surface area contributed by atoms with E-state index in [0.29, 0.717) is 41.4 Å². The third-order valence-electron chi connectivity index (χ3n) is 8.43. The predicted octanol–water partition coefficient (Wildman–Crippen LogP) is 4.69. The number of hydrogen-bond acceptors (Lipinski definition) is 7. The van der Waals surface area contributed by atoms with Gasteiger partial charge in [0.15, 0.2) is 15.7 Å². The number of rotatable bonds is 5. The van der Waals surface area contributed by atoms with Crippen molar-refractivity contribution in [3.63, 3.8) is 0 Å². The number of nitrogens with one attached hydrogen (secondary N) is 1. The molecule has 15 heteroatoms. The molecule has 0 radical (unpaired) electrons. The summed E-state index contributed by atoms with van der Waals surface area (Å²) in [6.45, 7) is 0.919. The molecule has 4 aromatic rings. The van der Waals surface area contributed by atoms with E-state index in [9.17, 15) is 26.6 Å². The molecule has 3 aromatic heterocycles. The maximum absolute atomic E-state index is 14.4. The monoisotopic (exact) mass is 627 g/mol. The first-order valence-electron chi connectivity index (χ1n) is 13.8. The van der Waals surface area contributed by atoms with Gasteiger partial charge in [-0.1, -0.05) is 5.57 Å². The third-order valence-corrected chi connectivity index (χ3v) is 10.3. The van der Waals surface area contributed by atoms with E-state index in [-0.39, 0.29) is 43.4 Å². The molecule has 3 aliphatic rings. The number of hydrogen-bond donors (Lipinski definition) is 1. The Morgan fingerprint density at radius 2 is 1.89 bits per heavy atom. The molecule has 2 aliphatic heterocycles. The first kappa shape index (κ1) is 28.6. The van der Waals surface area contributed by atoms with Gasteiger partial charge in [0.1, 0.15) is 11.5 Å². The lowest BCUT2D eigenvalue weighted by molar-refractivity contribution is -0.137. The Balaban J connectivity index is 1.33. The lowest BCUT2D eigenvalue weighted by Gasteiger charge is -2.45. The van der Waals surface area contributed by atoms with E-state index in [0.717, 1.165) is 18.3 Å². The normalized spacial score (nSPS) is 21.5. The Morgan fingerprint density at radius 3 is 2.66 bits per heavy atom. The third kappa shape index (κ3) is 4.57. The summed E-state index contributed by atoms with van der Waals surface area (Å²) in [6.07, 6.45) is 1.33. The predicted molar refractivity (Wildman–Crippen MR) is 148 cm³/mol. The van der Waals surface area contributed by atoms with Crippen molar-refractivity contribution >= 4 is 21.8 Å². The first-order chi connectivity index (χ1) is 21.0. The molecule has 7 rings (SSSR count). The van der Waals surface area contributed by atoms with Crippen LogP contribution >= 0.6 is 0 Å². The largest absolute Gasteiger partial charge is 0.416 e. The van der Waals surface area contributed by atoms with Crippen molar-refractivity contribution in [1.82, 2.24) is 28.6 Å². The molecular formula is C29H25F4N7O3S. The van der Waals surface area contributed by atoms with Gasteiger partial charge in [0.05, 0.1) is 53.7 Å². The zero-order valence-electron chi connectivity index (χ0n) is 23.1. The summed E-state index contributed by atoms with van der Waals surface area (Å²) in [5, 5.41) is 4.51. The topological polar surface area (TPSA) is 119 Å². The van der Waals surface area contributed by atoms with Gasteiger partial charge in [-0.05, 0) is 60.9 Å². The van der Waals surface area contributed by atoms with Crippen LogP contribution < -0.4 is 0 Å². The summed E-state index contributed by atoms with van der Waals surface area (Å²) < 4.78 is 87.9. The molecule has 0 saturated carbocycles. The minimum atomic E-state index is -4.69. The van der Waals surface area contributed by atoms with Crippen LogP contribution in [0.15, 0.2) is 65.7 Å². The molecular weight excluding hydrogens is 602 g/mol. The molecule has 228 valence electrons. The Labute approximate surface area is 249 Å². The zero-order valence-corrected chi connectivity index (χ0v) is 23.9. The van der Waals surface area contributed by atoms with E-state index >= 15 is 0 Å². The van der Waals surface area contributed by atoms with Crippen LogP contribution in [0, 0.1) is 16.0 Å². The van der Waals surface area contributed by atoms with Gasteiger partial charge in [0.2, 0.25) is 5.16 Å². The Kier molecular flexibility index (Phi) is 6.60. The van der Waals surface area contributed by atoms with Gasteiger partial charge in [-0.3, -0.25) is 9.78 Å². The number of pyridine rings is 1. The fourth-order valence-corrected chi connectivity index (χ4v) is 7.90. The Bertz CT molecular complexity index is 1930. The van der Waals surface area contributed by atoms with Crippen molar-refractivity contribution in [2.45, 2.75) is 37.3 Å². The highest BCUT2D eigenvalue weighted by molar-refractivity contribution is 7.90. The minimum Gasteiger partial charge on any atom is -0.373 e. The molecule has 0 amide bonds. The quantitative estimate of drug-likeness (QED) is 0.254. The molecule has 1 aliphatic carbocycles. The number of aromatic nitrogens is 5. The van der Waals surface area contributed by atoms with Crippen LogP contribution in [0.5, 0.6) is 0 Å². The molecule has 5 heterocycles.